The summed E-state index contributed by atoms with van der Waals surface area (Å²) in [6.45, 7) is 0. The van der Waals surface area contributed by atoms with Crippen LogP contribution in [0.5, 0.6) is 0 Å². The van der Waals surface area contributed by atoms with Crippen LogP contribution < -0.4 is 0 Å². The molecule has 0 spiro atoms. The maximum absolute atomic E-state index is 8.78. The third kappa shape index (κ3) is 3.91. The van der Waals surface area contributed by atoms with Crippen LogP contribution >= 0.6 is 0 Å². The number of rotatable bonds is 4. The van der Waals surface area contributed by atoms with Crippen LogP contribution in [0.3, 0.4) is 0 Å². The fraction of sp³-hybridized carbons (Fsp3) is 0. The molecule has 206 valence electrons. The zero-order valence-corrected chi connectivity index (χ0v) is 23.2. The Morgan fingerprint density at radius 3 is 1.68 bits per heavy atom. The Hall–Kier alpha value is -6.07. The fourth-order valence-electron chi connectivity index (χ4n) is 5.89. The molecule has 0 fully saturated rings. The van der Waals surface area contributed by atoms with Gasteiger partial charge in [-0.1, -0.05) is 103 Å². The van der Waals surface area contributed by atoms with Gasteiger partial charge in [-0.15, -0.1) is 0 Å². The molecule has 0 aliphatic heterocycles. The van der Waals surface area contributed by atoms with Crippen LogP contribution in [0.1, 0.15) is 5.48 Å². The van der Waals surface area contributed by atoms with Crippen LogP contribution in [0.2, 0.25) is 0 Å². The molecule has 0 aliphatic carbocycles. The number of fused-ring (bicyclic) bond motifs is 6. The van der Waals surface area contributed by atoms with E-state index >= 15 is 0 Å². The van der Waals surface area contributed by atoms with E-state index in [0.717, 1.165) is 33.2 Å². The van der Waals surface area contributed by atoms with Crippen LogP contribution in [0, 0.1) is 0 Å². The summed E-state index contributed by atoms with van der Waals surface area (Å²) < 4.78 is 42.3. The Kier molecular flexibility index (Phi) is 4.60. The molecule has 0 unspecified atom stereocenters. The smallest absolute Gasteiger partial charge is 0.164 e. The summed E-state index contributed by atoms with van der Waals surface area (Å²) in [6, 6.07) is 38.7. The predicted octanol–water partition coefficient (Wildman–Crippen LogP) is 9.87. The molecule has 0 N–H and O–H groups in total. The molecular formula is C39H24N4O. The molecule has 9 aromatic rings. The number of nitrogens with zero attached hydrogens (tertiary/aromatic N) is 4. The van der Waals surface area contributed by atoms with Crippen molar-refractivity contribution in [3.63, 3.8) is 0 Å². The lowest BCUT2D eigenvalue weighted by atomic mass is 10.1. The molecule has 3 aromatic heterocycles. The summed E-state index contributed by atoms with van der Waals surface area (Å²) in [7, 11) is 0. The van der Waals surface area contributed by atoms with Crippen LogP contribution in [-0.4, -0.2) is 19.5 Å². The van der Waals surface area contributed by atoms with Gasteiger partial charge in [0.15, 0.2) is 17.5 Å². The van der Waals surface area contributed by atoms with Gasteiger partial charge < -0.3 is 8.98 Å². The number of para-hydroxylation sites is 2. The van der Waals surface area contributed by atoms with Crippen molar-refractivity contribution in [3.8, 4) is 39.9 Å². The van der Waals surface area contributed by atoms with Crippen molar-refractivity contribution in [2.24, 2.45) is 0 Å². The molecule has 0 aliphatic rings. The van der Waals surface area contributed by atoms with Gasteiger partial charge in [0, 0.05) is 43.9 Å². The van der Waals surface area contributed by atoms with E-state index in [4.69, 9.17) is 24.9 Å². The van der Waals surface area contributed by atoms with Crippen LogP contribution in [0.15, 0.2) is 150 Å². The van der Waals surface area contributed by atoms with E-state index in [-0.39, 0.29) is 24.2 Å². The molecular weight excluding hydrogens is 540 g/mol. The van der Waals surface area contributed by atoms with Crippen molar-refractivity contribution in [2.45, 2.75) is 0 Å². The zero-order chi connectivity index (χ0) is 32.5. The lowest BCUT2D eigenvalue weighted by Crippen LogP contribution is -2.00. The topological polar surface area (TPSA) is 56.7 Å². The lowest BCUT2D eigenvalue weighted by Gasteiger charge is -2.08. The highest BCUT2D eigenvalue weighted by molar-refractivity contribution is 6.10. The highest BCUT2D eigenvalue weighted by Crippen LogP contribution is 2.36. The van der Waals surface area contributed by atoms with Gasteiger partial charge in [-0.25, -0.2) is 15.0 Å². The monoisotopic (exact) mass is 568 g/mol. The lowest BCUT2D eigenvalue weighted by molar-refractivity contribution is 0.669. The summed E-state index contributed by atoms with van der Waals surface area (Å²) >= 11 is 0. The zero-order valence-electron chi connectivity index (χ0n) is 27.2. The highest BCUT2D eigenvalue weighted by Gasteiger charge is 2.16. The van der Waals surface area contributed by atoms with E-state index in [0.29, 0.717) is 50.4 Å². The second-order valence-corrected chi connectivity index (χ2v) is 10.6. The van der Waals surface area contributed by atoms with Gasteiger partial charge in [-0.2, -0.15) is 0 Å². The van der Waals surface area contributed by atoms with Crippen molar-refractivity contribution >= 4 is 43.7 Å². The Morgan fingerprint density at radius 1 is 0.477 bits per heavy atom. The summed E-state index contributed by atoms with van der Waals surface area (Å²) in [5.74, 6) is 1.69. The minimum absolute atomic E-state index is 0.184. The highest BCUT2D eigenvalue weighted by atomic mass is 16.3. The molecule has 6 aromatic carbocycles. The molecule has 0 saturated carbocycles. The molecule has 0 atom stereocenters. The van der Waals surface area contributed by atoms with Crippen LogP contribution in [0.4, 0.5) is 0 Å². The number of aromatic nitrogens is 4. The van der Waals surface area contributed by atoms with Crippen molar-refractivity contribution in [1.29, 1.82) is 0 Å². The van der Waals surface area contributed by atoms with E-state index in [1.165, 1.54) is 12.1 Å². The minimum atomic E-state index is 0.184. The van der Waals surface area contributed by atoms with Gasteiger partial charge in [0.2, 0.25) is 0 Å². The number of furan rings is 1. The predicted molar refractivity (Wildman–Crippen MR) is 178 cm³/mol. The molecule has 0 radical (unpaired) electrons. The first-order valence-corrected chi connectivity index (χ1v) is 14.3. The summed E-state index contributed by atoms with van der Waals surface area (Å²) in [5, 5.41) is 3.13. The second-order valence-electron chi connectivity index (χ2n) is 10.6. The van der Waals surface area contributed by atoms with Crippen molar-refractivity contribution < 1.29 is 9.90 Å². The van der Waals surface area contributed by atoms with Gasteiger partial charge in [-0.05, 0) is 42.4 Å². The molecule has 9 rings (SSSR count). The largest absolute Gasteiger partial charge is 0.456 e. The van der Waals surface area contributed by atoms with Crippen LogP contribution in [0.25, 0.3) is 83.6 Å². The van der Waals surface area contributed by atoms with E-state index in [2.05, 4.69) is 0 Å². The average Bonchev–Trinajstić information content (AvgIpc) is 3.64. The first kappa shape index (κ1) is 20.8. The number of hydrogen-bond acceptors (Lipinski definition) is 4. The van der Waals surface area contributed by atoms with Gasteiger partial charge >= 0.3 is 0 Å². The average molecular weight is 569 g/mol. The van der Waals surface area contributed by atoms with Crippen molar-refractivity contribution in [3.05, 3.63) is 145 Å². The molecule has 5 heteroatoms. The first-order valence-electron chi connectivity index (χ1n) is 16.3. The Balaban J connectivity index is 1.22. The van der Waals surface area contributed by atoms with Gasteiger partial charge in [-0.3, -0.25) is 0 Å². The number of benzene rings is 6. The van der Waals surface area contributed by atoms with E-state index in [1.54, 1.807) is 12.1 Å². The third-order valence-corrected chi connectivity index (χ3v) is 7.96. The van der Waals surface area contributed by atoms with Crippen LogP contribution in [-0.2, 0) is 0 Å². The van der Waals surface area contributed by atoms with Gasteiger partial charge in [0.25, 0.3) is 0 Å². The minimum Gasteiger partial charge on any atom is -0.456 e. The molecule has 0 bridgehead atoms. The second kappa shape index (κ2) is 9.75. The Bertz CT molecular complexity index is 2600. The van der Waals surface area contributed by atoms with E-state index in [1.807, 2.05) is 102 Å². The summed E-state index contributed by atoms with van der Waals surface area (Å²) in [4.78, 5) is 14.5. The quantitative estimate of drug-likeness (QED) is 0.212. The van der Waals surface area contributed by atoms with E-state index in [9.17, 15) is 0 Å². The number of hydrogen-bond donors (Lipinski definition) is 0. The van der Waals surface area contributed by atoms with Crippen molar-refractivity contribution in [2.75, 3.05) is 0 Å². The standard InChI is InChI=1S/C39H24N4O/c1-3-11-25(12-4-1)37-40-38(26-13-5-2-6-14-26)42-39(41-37)27-19-21-31-32-24-28(20-22-35(32)44-36(31)23-27)43-33-17-9-7-15-29(33)30-16-8-10-18-34(30)43/h1-24H/i7D,8D,17D,18D. The molecule has 0 amide bonds. The molecule has 5 nitrogen and oxygen atoms in total. The Morgan fingerprint density at radius 2 is 1.07 bits per heavy atom. The third-order valence-electron chi connectivity index (χ3n) is 7.96. The SMILES string of the molecule is [2H]c1cc([2H])c2c(c1)c1cc([2H])cc([2H])c1n2-c1ccc2oc3cc(-c4nc(-c5ccccc5)nc(-c5ccccc5)n4)ccc3c2c1. The van der Waals surface area contributed by atoms with Gasteiger partial charge in [0.05, 0.1) is 16.5 Å². The van der Waals surface area contributed by atoms with Gasteiger partial charge in [0.1, 0.15) is 11.2 Å². The Labute approximate surface area is 258 Å². The fourth-order valence-corrected chi connectivity index (χ4v) is 5.89. The molecule has 44 heavy (non-hydrogen) atoms. The summed E-state index contributed by atoms with van der Waals surface area (Å²) in [5.41, 5.74) is 5.87. The first-order chi connectivity index (χ1) is 23.4. The maximum atomic E-state index is 8.78. The molecule has 0 saturated heterocycles. The molecule has 3 heterocycles. The normalized spacial score (nSPS) is 12.9. The van der Waals surface area contributed by atoms with Crippen molar-refractivity contribution in [1.82, 2.24) is 19.5 Å². The van der Waals surface area contributed by atoms with E-state index < -0.39 is 0 Å². The summed E-state index contributed by atoms with van der Waals surface area (Å²) in [6.07, 6.45) is 0. The maximum Gasteiger partial charge on any atom is 0.164 e.